The minimum absolute atomic E-state index is 0.759. The van der Waals surface area contributed by atoms with Gasteiger partial charge in [0.15, 0.2) is 0 Å². The van der Waals surface area contributed by atoms with Gasteiger partial charge in [-0.05, 0) is 70.4 Å². The van der Waals surface area contributed by atoms with Crippen molar-refractivity contribution in [2.24, 2.45) is 0 Å². The zero-order valence-electron chi connectivity index (χ0n) is 20.1. The lowest BCUT2D eigenvalue weighted by molar-refractivity contribution is 0.669. The van der Waals surface area contributed by atoms with E-state index in [9.17, 15) is 0 Å². The lowest BCUT2D eigenvalue weighted by Crippen LogP contribution is -2.10. The van der Waals surface area contributed by atoms with Crippen LogP contribution in [0.15, 0.2) is 138 Å². The summed E-state index contributed by atoms with van der Waals surface area (Å²) in [7, 11) is 6.12. The first-order valence-corrected chi connectivity index (χ1v) is 12.4. The number of fused-ring (bicyclic) bond motifs is 4. The molecule has 0 bridgehead atoms. The number of furan rings is 1. The molecular weight excluding hydrogens is 449 g/mol. The van der Waals surface area contributed by atoms with Crippen LogP contribution in [0.25, 0.3) is 43.8 Å². The van der Waals surface area contributed by atoms with E-state index < -0.39 is 0 Å². The third-order valence-electron chi connectivity index (χ3n) is 6.96. The lowest BCUT2D eigenvalue weighted by atomic mass is 9.93. The fraction of sp³-hybridized carbons (Fsp3) is 0. The molecule has 0 spiro atoms. The fourth-order valence-corrected chi connectivity index (χ4v) is 5.13. The van der Waals surface area contributed by atoms with Crippen LogP contribution in [-0.4, -0.2) is 7.85 Å². The highest BCUT2D eigenvalue weighted by molar-refractivity contribution is 6.33. The minimum Gasteiger partial charge on any atom is -0.456 e. The molecule has 0 aliphatic heterocycles. The van der Waals surface area contributed by atoms with Crippen molar-refractivity contribution in [2.75, 3.05) is 4.90 Å². The molecule has 0 aliphatic rings. The Kier molecular flexibility index (Phi) is 5.07. The number of benzene rings is 6. The Labute approximate surface area is 216 Å². The van der Waals surface area contributed by atoms with E-state index in [1.54, 1.807) is 0 Å². The molecular formula is C34H22BNO. The molecule has 0 aliphatic carbocycles. The second-order valence-electron chi connectivity index (χ2n) is 9.32. The van der Waals surface area contributed by atoms with Gasteiger partial charge in [-0.15, -0.1) is 0 Å². The molecule has 0 amide bonds. The first-order chi connectivity index (χ1) is 18.2. The van der Waals surface area contributed by atoms with Gasteiger partial charge >= 0.3 is 0 Å². The third kappa shape index (κ3) is 3.86. The summed E-state index contributed by atoms with van der Waals surface area (Å²) in [6, 6.07) is 46.4. The van der Waals surface area contributed by atoms with Gasteiger partial charge in [-0.2, -0.15) is 0 Å². The van der Waals surface area contributed by atoms with Crippen LogP contribution in [-0.2, 0) is 0 Å². The van der Waals surface area contributed by atoms with Gasteiger partial charge in [0.05, 0.1) is 0 Å². The Hall–Kier alpha value is -4.76. The second-order valence-corrected chi connectivity index (χ2v) is 9.32. The van der Waals surface area contributed by atoms with E-state index in [0.29, 0.717) is 0 Å². The number of hydrogen-bond donors (Lipinski definition) is 0. The van der Waals surface area contributed by atoms with E-state index in [2.05, 4.69) is 108 Å². The fourth-order valence-electron chi connectivity index (χ4n) is 5.13. The van der Waals surface area contributed by atoms with Crippen LogP contribution in [0.4, 0.5) is 17.1 Å². The predicted molar refractivity (Wildman–Crippen MR) is 157 cm³/mol. The summed E-state index contributed by atoms with van der Waals surface area (Å²) in [5, 5.41) is 4.49. The molecule has 7 rings (SSSR count). The second kappa shape index (κ2) is 8.72. The molecule has 2 radical (unpaired) electrons. The molecule has 7 aromatic rings. The highest BCUT2D eigenvalue weighted by Crippen LogP contribution is 2.40. The van der Waals surface area contributed by atoms with E-state index in [1.165, 1.54) is 11.1 Å². The molecule has 6 aromatic carbocycles. The molecule has 0 fully saturated rings. The van der Waals surface area contributed by atoms with Crippen molar-refractivity contribution in [2.45, 2.75) is 0 Å². The summed E-state index contributed by atoms with van der Waals surface area (Å²) in [5.41, 5.74) is 8.14. The van der Waals surface area contributed by atoms with E-state index in [1.807, 2.05) is 30.3 Å². The Morgan fingerprint density at radius 2 is 1.11 bits per heavy atom. The Balaban J connectivity index is 1.41. The Morgan fingerprint density at radius 3 is 1.97 bits per heavy atom. The Bertz CT molecular complexity index is 1890. The number of anilines is 3. The summed E-state index contributed by atoms with van der Waals surface area (Å²) in [6.07, 6.45) is 0. The molecule has 3 heteroatoms. The van der Waals surface area contributed by atoms with Gasteiger partial charge in [0.2, 0.25) is 0 Å². The van der Waals surface area contributed by atoms with Crippen LogP contribution >= 0.6 is 0 Å². The maximum atomic E-state index is 6.12. The van der Waals surface area contributed by atoms with Gasteiger partial charge in [-0.3, -0.25) is 0 Å². The Morgan fingerprint density at radius 1 is 0.459 bits per heavy atom. The molecule has 1 aromatic heterocycles. The van der Waals surface area contributed by atoms with Crippen molar-refractivity contribution in [1.29, 1.82) is 0 Å². The molecule has 0 unspecified atom stereocenters. The lowest BCUT2D eigenvalue weighted by Gasteiger charge is -2.26. The summed E-state index contributed by atoms with van der Waals surface area (Å²) in [5.74, 6) is 0. The van der Waals surface area contributed by atoms with Crippen LogP contribution < -0.4 is 10.4 Å². The molecule has 0 saturated heterocycles. The van der Waals surface area contributed by atoms with Gasteiger partial charge in [-0.25, -0.2) is 0 Å². The zero-order valence-corrected chi connectivity index (χ0v) is 20.1. The molecule has 172 valence electrons. The molecule has 0 N–H and O–H groups in total. The predicted octanol–water partition coefficient (Wildman–Crippen LogP) is 8.67. The average Bonchev–Trinajstić information content (AvgIpc) is 3.32. The number of nitrogens with zero attached hydrogens (tertiary/aromatic N) is 1. The van der Waals surface area contributed by atoms with E-state index in [-0.39, 0.29) is 0 Å². The topological polar surface area (TPSA) is 16.4 Å². The monoisotopic (exact) mass is 471 g/mol. The first-order valence-electron chi connectivity index (χ1n) is 12.4. The molecule has 1 heterocycles. The third-order valence-corrected chi connectivity index (χ3v) is 6.96. The number of rotatable bonds is 4. The molecule has 0 atom stereocenters. The number of para-hydroxylation sites is 1. The average molecular weight is 471 g/mol. The zero-order chi connectivity index (χ0) is 24.8. The smallest absolute Gasteiger partial charge is 0.135 e. The van der Waals surface area contributed by atoms with Crippen molar-refractivity contribution in [3.63, 3.8) is 0 Å². The quantitative estimate of drug-likeness (QED) is 0.239. The summed E-state index contributed by atoms with van der Waals surface area (Å²) in [4.78, 5) is 2.29. The number of hydrogen-bond acceptors (Lipinski definition) is 2. The molecule has 37 heavy (non-hydrogen) atoms. The summed E-state index contributed by atoms with van der Waals surface area (Å²) in [6.45, 7) is 0. The maximum absolute atomic E-state index is 6.12. The minimum atomic E-state index is 0.759. The van der Waals surface area contributed by atoms with Crippen molar-refractivity contribution >= 4 is 63.1 Å². The van der Waals surface area contributed by atoms with E-state index in [0.717, 1.165) is 55.2 Å². The highest BCUT2D eigenvalue weighted by atomic mass is 16.3. The van der Waals surface area contributed by atoms with Gasteiger partial charge in [0.1, 0.15) is 19.0 Å². The van der Waals surface area contributed by atoms with Crippen molar-refractivity contribution < 1.29 is 4.42 Å². The van der Waals surface area contributed by atoms with Gasteiger partial charge in [0.25, 0.3) is 0 Å². The van der Waals surface area contributed by atoms with Crippen LogP contribution in [0.1, 0.15) is 0 Å². The maximum Gasteiger partial charge on any atom is 0.135 e. The van der Waals surface area contributed by atoms with Crippen LogP contribution in [0.2, 0.25) is 0 Å². The molecule has 0 saturated carbocycles. The van der Waals surface area contributed by atoms with Crippen LogP contribution in [0, 0.1) is 0 Å². The summed E-state index contributed by atoms with van der Waals surface area (Å²) < 4.78 is 6.10. The van der Waals surface area contributed by atoms with Gasteiger partial charge in [0, 0.05) is 27.8 Å². The van der Waals surface area contributed by atoms with E-state index in [4.69, 9.17) is 12.3 Å². The van der Waals surface area contributed by atoms with Crippen LogP contribution in [0.5, 0.6) is 0 Å². The standard InChI is InChI=1S/C34H22BNO/c35-27-14-10-25-13-17-29(21-26(25)20-27)36(28-15-11-24(12-16-28)23-6-2-1-3-7-23)30-18-19-34-32(22-30)31-8-4-5-9-33(31)37-34/h1-22H. The van der Waals surface area contributed by atoms with Gasteiger partial charge in [-0.1, -0.05) is 90.4 Å². The SMILES string of the molecule is [B]c1ccc2ccc(N(c3ccc(-c4ccccc4)cc3)c3ccc4oc5ccccc5c4c3)cc2c1. The highest BCUT2D eigenvalue weighted by Gasteiger charge is 2.16. The van der Waals surface area contributed by atoms with E-state index >= 15 is 0 Å². The first kappa shape index (κ1) is 21.5. The van der Waals surface area contributed by atoms with Crippen molar-refractivity contribution in [3.8, 4) is 11.1 Å². The van der Waals surface area contributed by atoms with Crippen molar-refractivity contribution in [1.82, 2.24) is 0 Å². The van der Waals surface area contributed by atoms with Crippen LogP contribution in [0.3, 0.4) is 0 Å². The van der Waals surface area contributed by atoms with Gasteiger partial charge < -0.3 is 9.32 Å². The summed E-state index contributed by atoms with van der Waals surface area (Å²) >= 11 is 0. The molecule has 2 nitrogen and oxygen atoms in total. The largest absolute Gasteiger partial charge is 0.456 e. The van der Waals surface area contributed by atoms with Crippen molar-refractivity contribution in [3.05, 3.63) is 133 Å². The normalized spacial score (nSPS) is 11.4.